The van der Waals surface area contributed by atoms with Crippen LogP contribution in [0, 0.1) is 0 Å². The topological polar surface area (TPSA) is 76.7 Å². The van der Waals surface area contributed by atoms with Crippen molar-refractivity contribution in [1.82, 2.24) is 14.4 Å². The van der Waals surface area contributed by atoms with Crippen molar-refractivity contribution in [1.29, 1.82) is 0 Å². The summed E-state index contributed by atoms with van der Waals surface area (Å²) in [5.41, 5.74) is -0.0313. The fraction of sp³-hybridized carbons (Fsp3) is 0. The van der Waals surface area contributed by atoms with Gasteiger partial charge in [0, 0.05) is 23.8 Å². The number of fused-ring (bicyclic) bond motifs is 1. The lowest BCUT2D eigenvalue weighted by Crippen LogP contribution is -2.02. The van der Waals surface area contributed by atoms with E-state index in [9.17, 15) is 9.90 Å². The fourth-order valence-corrected chi connectivity index (χ4v) is 2.46. The maximum atomic E-state index is 11.3. The highest BCUT2D eigenvalue weighted by molar-refractivity contribution is 7.15. The average Bonchev–Trinajstić information content (AvgIpc) is 2.88. The second kappa shape index (κ2) is 4.52. The number of imidazole rings is 1. The number of aromatic carboxylic acids is 1. The summed E-state index contributed by atoms with van der Waals surface area (Å²) in [5.74, 6) is -0.764. The quantitative estimate of drug-likeness (QED) is 0.804. The number of aromatic nitrogens is 3. The van der Waals surface area contributed by atoms with Crippen molar-refractivity contribution < 1.29 is 14.6 Å². The molecule has 96 valence electrons. The zero-order chi connectivity index (χ0) is 13.4. The summed E-state index contributed by atoms with van der Waals surface area (Å²) in [7, 11) is 0. The van der Waals surface area contributed by atoms with Crippen LogP contribution in [-0.4, -0.2) is 25.4 Å². The monoisotopic (exact) mass is 295 g/mol. The van der Waals surface area contributed by atoms with Gasteiger partial charge in [-0.2, -0.15) is 4.98 Å². The van der Waals surface area contributed by atoms with Crippen LogP contribution in [0.4, 0.5) is 0 Å². The number of nitrogens with zero attached hydrogens (tertiary/aromatic N) is 3. The Morgan fingerprint density at radius 2 is 2.32 bits per heavy atom. The first-order chi connectivity index (χ1) is 9.15. The Morgan fingerprint density at radius 1 is 1.47 bits per heavy atom. The van der Waals surface area contributed by atoms with Crippen molar-refractivity contribution in [2.45, 2.75) is 0 Å². The van der Waals surface area contributed by atoms with Crippen molar-refractivity contribution in [2.24, 2.45) is 0 Å². The molecule has 0 radical (unpaired) electrons. The lowest BCUT2D eigenvalue weighted by atomic mass is 10.4. The number of carboxylic acid groups (broad SMARTS) is 1. The Balaban J connectivity index is 2.07. The highest BCUT2D eigenvalue weighted by Crippen LogP contribution is 2.28. The van der Waals surface area contributed by atoms with Gasteiger partial charge >= 0.3 is 5.97 Å². The minimum Gasteiger partial charge on any atom is -0.476 e. The van der Waals surface area contributed by atoms with Crippen molar-refractivity contribution in [2.75, 3.05) is 0 Å². The molecule has 0 unspecified atom stereocenters. The van der Waals surface area contributed by atoms with E-state index in [2.05, 4.69) is 9.97 Å². The van der Waals surface area contributed by atoms with Gasteiger partial charge in [-0.15, -0.1) is 11.3 Å². The molecule has 0 aliphatic carbocycles. The summed E-state index contributed by atoms with van der Waals surface area (Å²) >= 11 is 7.11. The minimum atomic E-state index is -1.11. The Bertz CT molecular complexity index is 767. The van der Waals surface area contributed by atoms with Crippen LogP contribution in [0.15, 0.2) is 30.0 Å². The molecule has 0 saturated heterocycles. The fourth-order valence-electron chi connectivity index (χ4n) is 1.59. The Hall–Kier alpha value is -2.12. The molecule has 0 fully saturated rings. The second-order valence-corrected chi connectivity index (χ2v) is 4.88. The van der Waals surface area contributed by atoms with Gasteiger partial charge in [-0.25, -0.2) is 4.79 Å². The average molecular weight is 296 g/mol. The lowest BCUT2D eigenvalue weighted by Gasteiger charge is -2.03. The first-order valence-electron chi connectivity index (χ1n) is 5.12. The van der Waals surface area contributed by atoms with E-state index in [1.165, 1.54) is 34.2 Å². The largest absolute Gasteiger partial charge is 0.476 e. The van der Waals surface area contributed by atoms with Crippen LogP contribution < -0.4 is 4.74 Å². The van der Waals surface area contributed by atoms with Crippen LogP contribution in [0.3, 0.4) is 0 Å². The predicted octanol–water partition coefficient (Wildman–Crippen LogP) is 2.93. The number of carboxylic acids is 1. The highest BCUT2D eigenvalue weighted by atomic mass is 35.5. The van der Waals surface area contributed by atoms with Gasteiger partial charge in [-0.05, 0) is 0 Å². The third-order valence-corrected chi connectivity index (χ3v) is 3.29. The van der Waals surface area contributed by atoms with Gasteiger partial charge in [0.25, 0.3) is 5.88 Å². The number of carbonyl (C=O) groups is 1. The van der Waals surface area contributed by atoms with E-state index in [1.807, 2.05) is 0 Å². The van der Waals surface area contributed by atoms with E-state index in [0.717, 1.165) is 0 Å². The normalized spacial score (nSPS) is 10.8. The third kappa shape index (κ3) is 2.13. The number of hydrogen-bond acceptors (Lipinski definition) is 5. The van der Waals surface area contributed by atoms with Gasteiger partial charge in [0.15, 0.2) is 10.7 Å². The zero-order valence-electron chi connectivity index (χ0n) is 9.28. The smallest absolute Gasteiger partial charge is 0.358 e. The molecule has 0 aliphatic heterocycles. The molecule has 3 heterocycles. The number of thiazole rings is 1. The van der Waals surface area contributed by atoms with Crippen molar-refractivity contribution >= 4 is 33.9 Å². The SMILES string of the molecule is O=C(O)c1c(Oc2cncc(Cl)c2)nc2sccn12. The van der Waals surface area contributed by atoms with Gasteiger partial charge in [0.05, 0.1) is 11.2 Å². The Kier molecular flexibility index (Phi) is 2.84. The number of halogens is 1. The van der Waals surface area contributed by atoms with Crippen LogP contribution in [0.5, 0.6) is 11.6 Å². The molecule has 1 N–H and O–H groups in total. The van der Waals surface area contributed by atoms with E-state index in [4.69, 9.17) is 16.3 Å². The lowest BCUT2D eigenvalue weighted by molar-refractivity contribution is 0.0686. The van der Waals surface area contributed by atoms with E-state index in [1.54, 1.807) is 11.6 Å². The third-order valence-electron chi connectivity index (χ3n) is 2.33. The van der Waals surface area contributed by atoms with E-state index in [0.29, 0.717) is 15.7 Å². The molecule has 0 bridgehead atoms. The molecule has 3 aromatic rings. The maximum absolute atomic E-state index is 11.3. The summed E-state index contributed by atoms with van der Waals surface area (Å²) in [6.07, 6.45) is 4.52. The molecule has 0 spiro atoms. The van der Waals surface area contributed by atoms with Crippen molar-refractivity contribution in [3.63, 3.8) is 0 Å². The summed E-state index contributed by atoms with van der Waals surface area (Å²) in [6.45, 7) is 0. The van der Waals surface area contributed by atoms with Gasteiger partial charge in [-0.3, -0.25) is 9.38 Å². The van der Waals surface area contributed by atoms with Crippen LogP contribution in [-0.2, 0) is 0 Å². The van der Waals surface area contributed by atoms with Crippen molar-refractivity contribution in [3.8, 4) is 11.6 Å². The summed E-state index contributed by atoms with van der Waals surface area (Å²) < 4.78 is 6.90. The van der Waals surface area contributed by atoms with Crippen LogP contribution in [0.2, 0.25) is 5.02 Å². The Morgan fingerprint density at radius 3 is 3.05 bits per heavy atom. The maximum Gasteiger partial charge on any atom is 0.358 e. The van der Waals surface area contributed by atoms with E-state index in [-0.39, 0.29) is 11.6 Å². The number of rotatable bonds is 3. The van der Waals surface area contributed by atoms with Crippen LogP contribution in [0.25, 0.3) is 4.96 Å². The standard InChI is InChI=1S/C11H6ClN3O3S/c12-6-3-7(5-13-4-6)18-9-8(10(16)17)15-1-2-19-11(15)14-9/h1-5H,(H,16,17). The molecule has 8 heteroatoms. The highest BCUT2D eigenvalue weighted by Gasteiger charge is 2.21. The first kappa shape index (κ1) is 11.9. The molecule has 3 aromatic heterocycles. The van der Waals surface area contributed by atoms with Crippen LogP contribution in [0.1, 0.15) is 10.5 Å². The van der Waals surface area contributed by atoms with Gasteiger partial charge in [-0.1, -0.05) is 11.6 Å². The van der Waals surface area contributed by atoms with E-state index >= 15 is 0 Å². The molecular formula is C11H6ClN3O3S. The summed E-state index contributed by atoms with van der Waals surface area (Å²) in [5, 5.41) is 11.4. The molecule has 19 heavy (non-hydrogen) atoms. The molecule has 0 saturated carbocycles. The molecule has 0 atom stereocenters. The number of ether oxygens (including phenoxy) is 1. The van der Waals surface area contributed by atoms with Gasteiger partial charge in [0.1, 0.15) is 5.75 Å². The molecule has 0 amide bonds. The van der Waals surface area contributed by atoms with Gasteiger partial charge < -0.3 is 9.84 Å². The molecule has 3 rings (SSSR count). The summed E-state index contributed by atoms with van der Waals surface area (Å²) in [6, 6.07) is 1.54. The molecule has 6 nitrogen and oxygen atoms in total. The molecular weight excluding hydrogens is 290 g/mol. The minimum absolute atomic E-state index is 0.0171. The van der Waals surface area contributed by atoms with Crippen LogP contribution >= 0.6 is 22.9 Å². The predicted molar refractivity (Wildman–Crippen MR) is 69.3 cm³/mol. The van der Waals surface area contributed by atoms with Crippen molar-refractivity contribution in [3.05, 3.63) is 40.8 Å². The number of pyridine rings is 1. The first-order valence-corrected chi connectivity index (χ1v) is 6.38. The number of hydrogen-bond donors (Lipinski definition) is 1. The molecule has 0 aliphatic rings. The summed E-state index contributed by atoms with van der Waals surface area (Å²) in [4.78, 5) is 19.8. The van der Waals surface area contributed by atoms with Gasteiger partial charge in [0.2, 0.25) is 0 Å². The molecule has 0 aromatic carbocycles. The van der Waals surface area contributed by atoms with E-state index < -0.39 is 5.97 Å². The zero-order valence-corrected chi connectivity index (χ0v) is 10.9. The second-order valence-electron chi connectivity index (χ2n) is 3.57. The Labute approximate surface area is 115 Å².